The normalized spacial score (nSPS) is 16.8. The zero-order chi connectivity index (χ0) is 16.8. The molecule has 0 bridgehead atoms. The first-order valence-electron chi connectivity index (χ1n) is 8.91. The van der Waals surface area contributed by atoms with Gasteiger partial charge in [-0.3, -0.25) is 4.90 Å². The van der Waals surface area contributed by atoms with Gasteiger partial charge in [-0.05, 0) is 64.5 Å². The van der Waals surface area contributed by atoms with E-state index >= 15 is 0 Å². The smallest absolute Gasteiger partial charge is 0.240 e. The van der Waals surface area contributed by atoms with Crippen LogP contribution < -0.4 is 0 Å². The van der Waals surface area contributed by atoms with Crippen molar-refractivity contribution in [3.63, 3.8) is 0 Å². The van der Waals surface area contributed by atoms with Gasteiger partial charge in [-0.15, -0.1) is 0 Å². The molecule has 1 aromatic carbocycles. The second-order valence-corrected chi connectivity index (χ2v) is 7.08. The van der Waals surface area contributed by atoms with Gasteiger partial charge in [0.05, 0.1) is 6.54 Å². The van der Waals surface area contributed by atoms with Gasteiger partial charge in [0, 0.05) is 6.42 Å². The van der Waals surface area contributed by atoms with Gasteiger partial charge in [-0.2, -0.15) is 4.98 Å². The first kappa shape index (κ1) is 17.1. The summed E-state index contributed by atoms with van der Waals surface area (Å²) in [6.07, 6.45) is 4.59. The quantitative estimate of drug-likeness (QED) is 0.782. The first-order valence-corrected chi connectivity index (χ1v) is 8.91. The van der Waals surface area contributed by atoms with Crippen molar-refractivity contribution in [2.45, 2.75) is 32.2 Å². The topological polar surface area (TPSA) is 45.4 Å². The number of aromatic nitrogens is 2. The average molecular weight is 328 g/mol. The van der Waals surface area contributed by atoms with Gasteiger partial charge in [0.25, 0.3) is 0 Å². The Bertz CT molecular complexity index is 603. The van der Waals surface area contributed by atoms with Crippen molar-refractivity contribution < 1.29 is 4.52 Å². The number of rotatable bonds is 7. The Kier molecular flexibility index (Phi) is 5.99. The van der Waals surface area contributed by atoms with E-state index in [1.54, 1.807) is 0 Å². The van der Waals surface area contributed by atoms with E-state index < -0.39 is 0 Å². The molecular formula is C19H28N4O. The Hall–Kier alpha value is -1.72. The highest BCUT2D eigenvalue weighted by Crippen LogP contribution is 2.21. The zero-order valence-corrected chi connectivity index (χ0v) is 14.8. The van der Waals surface area contributed by atoms with Crippen molar-refractivity contribution in [2.24, 2.45) is 5.92 Å². The maximum Gasteiger partial charge on any atom is 0.240 e. The summed E-state index contributed by atoms with van der Waals surface area (Å²) in [6, 6.07) is 10.3. The lowest BCUT2D eigenvalue weighted by molar-refractivity contribution is 0.150. The summed E-state index contributed by atoms with van der Waals surface area (Å²) in [6.45, 7) is 4.24. The molecule has 0 radical (unpaired) electrons. The molecule has 1 aromatic heterocycles. The Morgan fingerprint density at radius 2 is 1.92 bits per heavy atom. The molecule has 130 valence electrons. The highest BCUT2D eigenvalue weighted by Gasteiger charge is 2.21. The Morgan fingerprint density at radius 1 is 1.17 bits per heavy atom. The Balaban J connectivity index is 1.44. The average Bonchev–Trinajstić information content (AvgIpc) is 3.02. The Labute approximate surface area is 144 Å². The standard InChI is InChI=1S/C19H28N4O/c1-22(2)11-8-16-9-12-23(13-10-16)15-19-20-18(21-24-19)14-17-6-4-3-5-7-17/h3-7,16H,8-15H2,1-2H3. The number of hydrogen-bond acceptors (Lipinski definition) is 5. The van der Waals surface area contributed by atoms with Crippen LogP contribution in [0.2, 0.25) is 0 Å². The zero-order valence-electron chi connectivity index (χ0n) is 14.8. The van der Waals surface area contributed by atoms with Crippen molar-refractivity contribution in [2.75, 3.05) is 33.7 Å². The van der Waals surface area contributed by atoms with Crippen molar-refractivity contribution in [1.29, 1.82) is 0 Å². The highest BCUT2D eigenvalue weighted by molar-refractivity contribution is 5.18. The summed E-state index contributed by atoms with van der Waals surface area (Å²) < 4.78 is 5.44. The summed E-state index contributed by atoms with van der Waals surface area (Å²) in [7, 11) is 4.30. The van der Waals surface area contributed by atoms with Crippen LogP contribution >= 0.6 is 0 Å². The largest absolute Gasteiger partial charge is 0.338 e. The van der Waals surface area contributed by atoms with Crippen molar-refractivity contribution in [3.8, 4) is 0 Å². The molecule has 3 rings (SSSR count). The minimum Gasteiger partial charge on any atom is -0.338 e. The van der Waals surface area contributed by atoms with E-state index in [2.05, 4.69) is 46.2 Å². The molecular weight excluding hydrogens is 300 g/mol. The summed E-state index contributed by atoms with van der Waals surface area (Å²) in [5.74, 6) is 2.38. The minimum atomic E-state index is 0.733. The molecule has 1 aliphatic rings. The van der Waals surface area contributed by atoms with Crippen molar-refractivity contribution in [1.82, 2.24) is 19.9 Å². The second-order valence-electron chi connectivity index (χ2n) is 7.08. The summed E-state index contributed by atoms with van der Waals surface area (Å²) in [5.41, 5.74) is 1.21. The van der Waals surface area contributed by atoms with Gasteiger partial charge >= 0.3 is 0 Å². The molecule has 0 amide bonds. The molecule has 1 saturated heterocycles. The highest BCUT2D eigenvalue weighted by atomic mass is 16.5. The molecule has 1 fully saturated rings. The van der Waals surface area contributed by atoms with Crippen molar-refractivity contribution in [3.05, 3.63) is 47.6 Å². The van der Waals surface area contributed by atoms with E-state index in [4.69, 9.17) is 4.52 Å². The number of nitrogens with zero attached hydrogens (tertiary/aromatic N) is 4. The van der Waals surface area contributed by atoms with Gasteiger partial charge < -0.3 is 9.42 Å². The third-order valence-electron chi connectivity index (χ3n) is 4.77. The third-order valence-corrected chi connectivity index (χ3v) is 4.77. The molecule has 2 aromatic rings. The molecule has 0 unspecified atom stereocenters. The molecule has 2 heterocycles. The van der Waals surface area contributed by atoms with Crippen LogP contribution in [0.4, 0.5) is 0 Å². The molecule has 24 heavy (non-hydrogen) atoms. The molecule has 0 atom stereocenters. The fraction of sp³-hybridized carbons (Fsp3) is 0.579. The van der Waals surface area contributed by atoms with Crippen LogP contribution in [0.15, 0.2) is 34.9 Å². The minimum absolute atomic E-state index is 0.733. The number of piperidine rings is 1. The fourth-order valence-electron chi connectivity index (χ4n) is 3.27. The molecule has 0 spiro atoms. The summed E-state index contributed by atoms with van der Waals surface area (Å²) >= 11 is 0. The van der Waals surface area contributed by atoms with Crippen LogP contribution in [0.1, 0.15) is 36.5 Å². The van der Waals surface area contributed by atoms with Crippen molar-refractivity contribution >= 4 is 0 Å². The van der Waals surface area contributed by atoms with Crippen LogP contribution in [0.5, 0.6) is 0 Å². The van der Waals surface area contributed by atoms with Gasteiger partial charge in [-0.1, -0.05) is 35.5 Å². The van der Waals surface area contributed by atoms with Gasteiger partial charge in [0.2, 0.25) is 5.89 Å². The molecule has 0 saturated carbocycles. The molecule has 5 nitrogen and oxygen atoms in total. The van der Waals surface area contributed by atoms with Gasteiger partial charge in [0.1, 0.15) is 0 Å². The molecule has 5 heteroatoms. The lowest BCUT2D eigenvalue weighted by Crippen LogP contribution is -2.34. The van der Waals surface area contributed by atoms with Crippen LogP contribution in [-0.2, 0) is 13.0 Å². The summed E-state index contributed by atoms with van der Waals surface area (Å²) in [4.78, 5) is 9.27. The van der Waals surface area contributed by atoms with Gasteiger partial charge in [-0.25, -0.2) is 0 Å². The van der Waals surface area contributed by atoms with Crippen LogP contribution in [0.3, 0.4) is 0 Å². The number of benzene rings is 1. The summed E-state index contributed by atoms with van der Waals surface area (Å²) in [5, 5.41) is 4.12. The van der Waals surface area contributed by atoms with Crippen LogP contribution in [0, 0.1) is 5.92 Å². The molecule has 0 N–H and O–H groups in total. The maximum absolute atomic E-state index is 5.44. The monoisotopic (exact) mass is 328 g/mol. The van der Waals surface area contributed by atoms with E-state index in [0.717, 1.165) is 43.7 Å². The number of hydrogen-bond donors (Lipinski definition) is 0. The Morgan fingerprint density at radius 3 is 2.62 bits per heavy atom. The van der Waals surface area contributed by atoms with E-state index in [1.807, 2.05) is 18.2 Å². The number of likely N-dealkylation sites (tertiary alicyclic amines) is 1. The molecule has 0 aliphatic carbocycles. The van der Waals surface area contributed by atoms with Crippen LogP contribution in [0.25, 0.3) is 0 Å². The lowest BCUT2D eigenvalue weighted by atomic mass is 9.93. The SMILES string of the molecule is CN(C)CCC1CCN(Cc2nc(Cc3ccccc3)no2)CC1. The first-order chi connectivity index (χ1) is 11.7. The predicted molar refractivity (Wildman–Crippen MR) is 94.7 cm³/mol. The maximum atomic E-state index is 5.44. The van der Waals surface area contributed by atoms with E-state index in [-0.39, 0.29) is 0 Å². The van der Waals surface area contributed by atoms with Crippen LogP contribution in [-0.4, -0.2) is 53.7 Å². The lowest BCUT2D eigenvalue weighted by Gasteiger charge is -2.31. The van der Waals surface area contributed by atoms with E-state index in [0.29, 0.717) is 0 Å². The van der Waals surface area contributed by atoms with Gasteiger partial charge in [0.15, 0.2) is 5.82 Å². The second kappa shape index (κ2) is 8.40. The predicted octanol–water partition coefficient (Wildman–Crippen LogP) is 2.82. The third kappa shape index (κ3) is 5.14. The fourth-order valence-corrected chi connectivity index (χ4v) is 3.27. The van der Waals surface area contributed by atoms with E-state index in [9.17, 15) is 0 Å². The molecule has 1 aliphatic heterocycles. The van der Waals surface area contributed by atoms with E-state index in [1.165, 1.54) is 31.4 Å².